The molecule has 1 unspecified atom stereocenters. The number of likely N-dealkylation sites (N-methyl/N-ethyl adjacent to an activating group) is 1. The van der Waals surface area contributed by atoms with E-state index in [1.165, 1.54) is 0 Å². The lowest BCUT2D eigenvalue weighted by atomic mass is 10.3. The van der Waals surface area contributed by atoms with E-state index in [1.807, 2.05) is 0 Å². The molecule has 2 aliphatic heterocycles. The molecule has 2 fully saturated rings. The first-order chi connectivity index (χ1) is 14.5. The van der Waals surface area contributed by atoms with Crippen molar-refractivity contribution < 1.29 is 19.5 Å². The van der Waals surface area contributed by atoms with Crippen molar-refractivity contribution in [3.05, 3.63) is 0 Å². The Morgan fingerprint density at radius 3 is 2.20 bits per heavy atom. The van der Waals surface area contributed by atoms with Gasteiger partial charge >= 0.3 is 5.97 Å². The molecule has 0 aromatic rings. The van der Waals surface area contributed by atoms with E-state index < -0.39 is 5.97 Å². The maximum absolute atomic E-state index is 12.3. The van der Waals surface area contributed by atoms with Crippen LogP contribution in [0.25, 0.3) is 0 Å². The van der Waals surface area contributed by atoms with Gasteiger partial charge in [-0.2, -0.15) is 0 Å². The minimum absolute atomic E-state index is 0.0274. The minimum atomic E-state index is -0.855. The van der Waals surface area contributed by atoms with Crippen molar-refractivity contribution in [1.82, 2.24) is 25.3 Å². The number of hydrogen-bond acceptors (Lipinski definition) is 6. The van der Waals surface area contributed by atoms with Crippen LogP contribution in [0, 0.1) is 0 Å². The van der Waals surface area contributed by atoms with Crippen molar-refractivity contribution in [3.63, 3.8) is 0 Å². The Hall–Kier alpha value is -1.71. The average molecular weight is 436 g/mol. The summed E-state index contributed by atoms with van der Waals surface area (Å²) in [5.74, 6) is -0.928. The monoisotopic (exact) mass is 436 g/mol. The summed E-state index contributed by atoms with van der Waals surface area (Å²) in [6.45, 7) is 11.1. The maximum atomic E-state index is 12.3. The second-order valence-electron chi connectivity index (χ2n) is 8.30. The molecule has 30 heavy (non-hydrogen) atoms. The van der Waals surface area contributed by atoms with Gasteiger partial charge in [0.2, 0.25) is 11.8 Å². The number of carbonyl (C=O) groups excluding carboxylic acids is 2. The molecule has 2 rings (SSSR count). The number of rotatable bonds is 13. The first-order valence-corrected chi connectivity index (χ1v) is 11.4. The highest BCUT2D eigenvalue weighted by Crippen LogP contribution is 2.18. The van der Waals surface area contributed by atoms with E-state index >= 15 is 0 Å². The minimum Gasteiger partial charge on any atom is -0.481 e. The molecular weight excluding hydrogens is 397 g/mol. The predicted molar refractivity (Wildman–Crippen MR) is 115 cm³/mol. The number of carbonyl (C=O) groups is 3. The molecule has 0 radical (unpaired) electrons. The number of hydrogen-bond donors (Lipinski definition) is 3. The Labute approximate surface area is 180 Å². The number of nitrogens with one attached hydrogen (secondary N) is 2. The smallest absolute Gasteiger partial charge is 0.303 e. The van der Waals surface area contributed by atoms with Crippen LogP contribution in [0.2, 0.25) is 0 Å². The lowest BCUT2D eigenvalue weighted by Gasteiger charge is -2.37. The first-order valence-electron chi connectivity index (χ1n) is 11.4. The van der Waals surface area contributed by atoms with E-state index in [2.05, 4.69) is 32.3 Å². The van der Waals surface area contributed by atoms with Crippen molar-refractivity contribution in [3.8, 4) is 0 Å². The molecule has 9 nitrogen and oxygen atoms in total. The second-order valence-corrected chi connectivity index (χ2v) is 8.30. The third-order valence-corrected chi connectivity index (χ3v) is 6.02. The van der Waals surface area contributed by atoms with E-state index in [0.29, 0.717) is 44.9 Å². The fourth-order valence-corrected chi connectivity index (χ4v) is 4.17. The van der Waals surface area contributed by atoms with Crippen molar-refractivity contribution in [2.75, 3.05) is 65.4 Å². The Bertz CT molecular complexity index is 552. The number of likely N-dealkylation sites (tertiary alicyclic amines) is 1. The van der Waals surface area contributed by atoms with Gasteiger partial charge < -0.3 is 20.6 Å². The van der Waals surface area contributed by atoms with E-state index in [0.717, 1.165) is 58.7 Å². The van der Waals surface area contributed by atoms with Gasteiger partial charge in [0, 0.05) is 64.7 Å². The number of aliphatic carboxylic acids is 1. The van der Waals surface area contributed by atoms with Crippen molar-refractivity contribution in [2.24, 2.45) is 0 Å². The van der Waals surface area contributed by atoms with Gasteiger partial charge in [-0.25, -0.2) is 0 Å². The molecule has 2 heterocycles. The summed E-state index contributed by atoms with van der Waals surface area (Å²) >= 11 is 0. The van der Waals surface area contributed by atoms with Gasteiger partial charge in [0.05, 0.1) is 6.54 Å². The highest BCUT2D eigenvalue weighted by molar-refractivity contribution is 5.78. The van der Waals surface area contributed by atoms with Crippen molar-refractivity contribution in [1.29, 1.82) is 0 Å². The summed E-state index contributed by atoms with van der Waals surface area (Å²) in [7, 11) is 0. The Balaban J connectivity index is 1.55. The molecule has 2 amide bonds. The van der Waals surface area contributed by atoms with Crippen LogP contribution in [-0.2, 0) is 14.4 Å². The van der Waals surface area contributed by atoms with Crippen LogP contribution in [0.1, 0.15) is 45.4 Å². The second kappa shape index (κ2) is 13.6. The van der Waals surface area contributed by atoms with Gasteiger partial charge in [0.15, 0.2) is 0 Å². The Morgan fingerprint density at radius 1 is 0.900 bits per heavy atom. The summed E-state index contributed by atoms with van der Waals surface area (Å²) in [6, 6.07) is 0.459. The van der Waals surface area contributed by atoms with Crippen LogP contribution >= 0.6 is 0 Å². The summed E-state index contributed by atoms with van der Waals surface area (Å²) in [4.78, 5) is 41.7. The van der Waals surface area contributed by atoms with Crippen molar-refractivity contribution in [2.45, 2.75) is 51.5 Å². The van der Waals surface area contributed by atoms with E-state index in [9.17, 15) is 14.4 Å². The zero-order valence-electron chi connectivity index (χ0n) is 18.4. The topological polar surface area (TPSA) is 105 Å². The Kier molecular flexibility index (Phi) is 11.1. The van der Waals surface area contributed by atoms with E-state index in [1.54, 1.807) is 0 Å². The lowest BCUT2D eigenvalue weighted by Crippen LogP contribution is -2.51. The standard InChI is InChI=1S/C21H39N5O4/c1-2-24-12-14-25(15-13-24)16-18-6-5-11-26(18)17-20(28)23-9-3-7-19(27)22-10-4-8-21(29)30/h18H,2-17H2,1H3,(H,22,27)(H,23,28)(H,29,30)/i5+1,6+1,7+1,11+1,12+1,14+1,16+1,18+1,19+1,25+1,26+1. The van der Waals surface area contributed by atoms with Gasteiger partial charge in [-0.1, -0.05) is 6.92 Å². The average Bonchev–Trinajstić information content (AvgIpc) is 3.15. The van der Waals surface area contributed by atoms with Crippen LogP contribution in [0.3, 0.4) is 0 Å². The van der Waals surface area contributed by atoms with Crippen LogP contribution < -0.4 is 10.6 Å². The number of nitrogens with zero attached hydrogens (tertiary/aromatic N) is 3. The van der Waals surface area contributed by atoms with Crippen LogP contribution in [0.15, 0.2) is 0 Å². The van der Waals surface area contributed by atoms with Gasteiger partial charge in [0.25, 0.3) is 0 Å². The maximum Gasteiger partial charge on any atom is 0.303 e. The van der Waals surface area contributed by atoms with Gasteiger partial charge in [0.1, 0.15) is 0 Å². The molecule has 172 valence electrons. The fraction of sp³-hybridized carbons (Fsp3) is 0.857. The molecular formula is C21H39N5O4. The lowest BCUT2D eigenvalue weighted by molar-refractivity contribution is -0.137. The zero-order valence-corrected chi connectivity index (χ0v) is 18.4. The van der Waals surface area contributed by atoms with Crippen LogP contribution in [0.4, 0.5) is 0 Å². The predicted octanol–water partition coefficient (Wildman–Crippen LogP) is -0.0343. The Morgan fingerprint density at radius 2 is 1.53 bits per heavy atom. The largest absolute Gasteiger partial charge is 0.481 e. The molecule has 0 aromatic carbocycles. The number of amides is 2. The quantitative estimate of drug-likeness (QED) is 0.211. The van der Waals surface area contributed by atoms with Crippen LogP contribution in [0.5, 0.6) is 0 Å². The molecule has 0 saturated carbocycles. The molecule has 9 heteroatoms. The van der Waals surface area contributed by atoms with Crippen LogP contribution in [-0.4, -0.2) is 109 Å². The van der Waals surface area contributed by atoms with Gasteiger partial charge in [-0.15, -0.1) is 0 Å². The summed E-state index contributed by atoms with van der Waals surface area (Å²) in [5, 5.41) is 14.2. The molecule has 0 spiro atoms. The summed E-state index contributed by atoms with van der Waals surface area (Å²) < 4.78 is 0. The SMILES string of the molecule is CCN1CC[15N]([13CH2][13CH]2[13CH2][13CH2][13CH2][15N]2CC(=O)NCC[13CH2][13C](=O)NCCCC(=O)O)[13CH2][13CH2]1. The first kappa shape index (κ1) is 24.6. The van der Waals surface area contributed by atoms with Gasteiger partial charge in [-0.3, -0.25) is 24.2 Å². The summed E-state index contributed by atoms with van der Waals surface area (Å²) in [5.41, 5.74) is 0. The summed E-state index contributed by atoms with van der Waals surface area (Å²) in [6.07, 6.45) is 3.72. The molecule has 2 aliphatic rings. The molecule has 0 aliphatic carbocycles. The normalized spacial score (nSPS) is 20.9. The third-order valence-electron chi connectivity index (χ3n) is 6.02. The highest BCUT2D eigenvalue weighted by Gasteiger charge is 2.28. The molecule has 3 N–H and O–H groups in total. The van der Waals surface area contributed by atoms with Crippen molar-refractivity contribution >= 4 is 17.8 Å². The van der Waals surface area contributed by atoms with E-state index in [4.69, 9.17) is 5.11 Å². The molecule has 0 bridgehead atoms. The zero-order chi connectivity index (χ0) is 21.8. The number of carboxylic acids is 1. The number of piperazine rings is 1. The van der Waals surface area contributed by atoms with E-state index in [-0.39, 0.29) is 18.2 Å². The highest BCUT2D eigenvalue weighted by atomic mass is 16.4. The third kappa shape index (κ3) is 9.40. The number of carboxylic acid groups (broad SMARTS) is 1. The molecule has 1 atom stereocenters. The molecule has 0 aromatic heterocycles. The fourth-order valence-electron chi connectivity index (χ4n) is 4.17. The molecule has 2 saturated heterocycles. The van der Waals surface area contributed by atoms with Gasteiger partial charge in [-0.05, 0) is 38.8 Å².